The van der Waals surface area contributed by atoms with E-state index in [4.69, 9.17) is 4.74 Å². The molecule has 1 N–H and O–H groups in total. The van der Waals surface area contributed by atoms with Crippen molar-refractivity contribution in [3.63, 3.8) is 0 Å². The number of amides is 1. The van der Waals surface area contributed by atoms with Crippen molar-refractivity contribution in [3.8, 4) is 0 Å². The molecule has 0 saturated heterocycles. The molecule has 1 aromatic carbocycles. The van der Waals surface area contributed by atoms with E-state index in [1.807, 2.05) is 6.07 Å². The molecule has 0 aliphatic heterocycles. The van der Waals surface area contributed by atoms with Crippen LogP contribution in [0.5, 0.6) is 0 Å². The Labute approximate surface area is 115 Å². The topological polar surface area (TPSA) is 55.4 Å². The zero-order valence-electron chi connectivity index (χ0n) is 10.6. The summed E-state index contributed by atoms with van der Waals surface area (Å²) in [5.41, 5.74) is -0.0506. The Bertz CT molecular complexity index is 452. The number of benzene rings is 1. The number of carbonyl (C=O) groups is 2. The maximum absolute atomic E-state index is 11.7. The average molecular weight is 314 g/mol. The van der Waals surface area contributed by atoms with E-state index in [9.17, 15) is 9.59 Å². The van der Waals surface area contributed by atoms with E-state index in [0.717, 1.165) is 4.47 Å². The minimum Gasteiger partial charge on any atom is -0.459 e. The van der Waals surface area contributed by atoms with E-state index >= 15 is 0 Å². The minimum absolute atomic E-state index is 0.136. The van der Waals surface area contributed by atoms with Gasteiger partial charge >= 0.3 is 5.97 Å². The van der Waals surface area contributed by atoms with Crippen LogP contribution >= 0.6 is 15.9 Å². The van der Waals surface area contributed by atoms with Crippen molar-refractivity contribution in [1.82, 2.24) is 5.32 Å². The molecule has 5 heteroatoms. The lowest BCUT2D eigenvalue weighted by Gasteiger charge is -2.19. The summed E-state index contributed by atoms with van der Waals surface area (Å²) in [6.07, 6.45) is 0. The molecule has 0 aliphatic carbocycles. The number of nitrogens with one attached hydrogen (secondary N) is 1. The first-order valence-electron chi connectivity index (χ1n) is 5.53. The summed E-state index contributed by atoms with van der Waals surface area (Å²) in [6, 6.07) is 6.94. The lowest BCUT2D eigenvalue weighted by atomic mass is 10.2. The molecular formula is C13H16BrNO3. The lowest BCUT2D eigenvalue weighted by Crippen LogP contribution is -2.34. The second kappa shape index (κ2) is 6.00. The predicted molar refractivity (Wildman–Crippen MR) is 72.3 cm³/mol. The number of halogens is 1. The molecule has 0 aromatic heterocycles. The van der Waals surface area contributed by atoms with Crippen molar-refractivity contribution in [2.75, 3.05) is 6.54 Å². The monoisotopic (exact) mass is 313 g/mol. The Balaban J connectivity index is 2.49. The highest BCUT2D eigenvalue weighted by atomic mass is 79.9. The Hall–Kier alpha value is -1.36. The van der Waals surface area contributed by atoms with Gasteiger partial charge in [0.2, 0.25) is 0 Å². The van der Waals surface area contributed by atoms with Gasteiger partial charge in [-0.1, -0.05) is 22.0 Å². The van der Waals surface area contributed by atoms with E-state index in [0.29, 0.717) is 5.56 Å². The first-order chi connectivity index (χ1) is 8.28. The van der Waals surface area contributed by atoms with Crippen LogP contribution in [-0.2, 0) is 9.53 Å². The molecule has 1 aromatic rings. The Kier molecular flexibility index (Phi) is 4.90. The maximum Gasteiger partial charge on any atom is 0.325 e. The molecular weight excluding hydrogens is 298 g/mol. The van der Waals surface area contributed by atoms with Crippen molar-refractivity contribution in [2.45, 2.75) is 26.4 Å². The summed E-state index contributed by atoms with van der Waals surface area (Å²) in [5, 5.41) is 2.51. The first kappa shape index (κ1) is 14.7. The molecule has 1 rings (SSSR count). The summed E-state index contributed by atoms with van der Waals surface area (Å²) in [4.78, 5) is 23.1. The second-order valence-electron chi connectivity index (χ2n) is 4.78. The largest absolute Gasteiger partial charge is 0.459 e. The summed E-state index contributed by atoms with van der Waals surface area (Å²) >= 11 is 3.28. The van der Waals surface area contributed by atoms with Crippen molar-refractivity contribution in [2.24, 2.45) is 0 Å². The van der Waals surface area contributed by atoms with Crippen LogP contribution in [0.1, 0.15) is 31.1 Å². The van der Waals surface area contributed by atoms with Gasteiger partial charge < -0.3 is 10.1 Å². The van der Waals surface area contributed by atoms with Crippen molar-refractivity contribution < 1.29 is 14.3 Å². The number of hydrogen-bond donors (Lipinski definition) is 1. The van der Waals surface area contributed by atoms with Gasteiger partial charge in [0, 0.05) is 10.0 Å². The van der Waals surface area contributed by atoms with Crippen LogP contribution in [0.4, 0.5) is 0 Å². The molecule has 0 aliphatic rings. The Morgan fingerprint density at radius 3 is 2.56 bits per heavy atom. The second-order valence-corrected chi connectivity index (χ2v) is 5.70. The van der Waals surface area contributed by atoms with Crippen LogP contribution < -0.4 is 5.32 Å². The van der Waals surface area contributed by atoms with Gasteiger partial charge in [0.05, 0.1) is 0 Å². The maximum atomic E-state index is 11.7. The van der Waals surface area contributed by atoms with Gasteiger partial charge in [0.25, 0.3) is 5.91 Å². The molecule has 0 saturated carbocycles. The minimum atomic E-state index is -0.544. The van der Waals surface area contributed by atoms with Crippen LogP contribution in [0.2, 0.25) is 0 Å². The van der Waals surface area contributed by atoms with Crippen LogP contribution in [0.25, 0.3) is 0 Å². The summed E-state index contributed by atoms with van der Waals surface area (Å²) < 4.78 is 5.90. The fourth-order valence-corrected chi connectivity index (χ4v) is 1.66. The molecule has 0 fully saturated rings. The molecule has 0 spiro atoms. The number of rotatable bonds is 3. The predicted octanol–water partition coefficient (Wildman–Crippen LogP) is 2.52. The standard InChI is InChI=1S/C13H16BrNO3/c1-13(2,3)18-11(16)8-15-12(17)9-5-4-6-10(14)7-9/h4-7H,8H2,1-3H3,(H,15,17). The normalized spacial score (nSPS) is 10.9. The smallest absolute Gasteiger partial charge is 0.325 e. The first-order valence-corrected chi connectivity index (χ1v) is 6.33. The third-order valence-electron chi connectivity index (χ3n) is 1.90. The number of esters is 1. The van der Waals surface area contributed by atoms with E-state index < -0.39 is 11.6 Å². The number of hydrogen-bond acceptors (Lipinski definition) is 3. The molecule has 1 amide bonds. The number of carbonyl (C=O) groups excluding carboxylic acids is 2. The summed E-state index contributed by atoms with van der Waals surface area (Å²) in [7, 11) is 0. The molecule has 0 atom stereocenters. The molecule has 18 heavy (non-hydrogen) atoms. The lowest BCUT2D eigenvalue weighted by molar-refractivity contribution is -0.153. The van der Waals surface area contributed by atoms with Crippen molar-refractivity contribution in [3.05, 3.63) is 34.3 Å². The summed E-state index contributed by atoms with van der Waals surface area (Å²) in [5.74, 6) is -0.756. The van der Waals surface area contributed by atoms with Gasteiger partial charge in [-0.2, -0.15) is 0 Å². The highest BCUT2D eigenvalue weighted by Crippen LogP contribution is 2.11. The average Bonchev–Trinajstić information content (AvgIpc) is 2.23. The van der Waals surface area contributed by atoms with Gasteiger partial charge in [-0.15, -0.1) is 0 Å². The molecule has 98 valence electrons. The van der Waals surface area contributed by atoms with E-state index in [1.165, 1.54) is 0 Å². The molecule has 4 nitrogen and oxygen atoms in total. The van der Waals surface area contributed by atoms with Crippen molar-refractivity contribution in [1.29, 1.82) is 0 Å². The fourth-order valence-electron chi connectivity index (χ4n) is 1.26. The Morgan fingerprint density at radius 2 is 2.00 bits per heavy atom. The van der Waals surface area contributed by atoms with E-state index in [1.54, 1.807) is 39.0 Å². The highest BCUT2D eigenvalue weighted by Gasteiger charge is 2.16. The Morgan fingerprint density at radius 1 is 1.33 bits per heavy atom. The van der Waals surface area contributed by atoms with Crippen LogP contribution in [0.15, 0.2) is 28.7 Å². The van der Waals surface area contributed by atoms with Crippen molar-refractivity contribution >= 4 is 27.8 Å². The van der Waals surface area contributed by atoms with Crippen LogP contribution in [-0.4, -0.2) is 24.0 Å². The zero-order valence-corrected chi connectivity index (χ0v) is 12.2. The van der Waals surface area contributed by atoms with Gasteiger partial charge in [-0.25, -0.2) is 0 Å². The van der Waals surface area contributed by atoms with Crippen LogP contribution in [0.3, 0.4) is 0 Å². The SMILES string of the molecule is CC(C)(C)OC(=O)CNC(=O)c1cccc(Br)c1. The summed E-state index contributed by atoms with van der Waals surface area (Å²) in [6.45, 7) is 5.20. The third kappa shape index (κ3) is 5.31. The van der Waals surface area contributed by atoms with Gasteiger partial charge in [0.1, 0.15) is 12.1 Å². The van der Waals surface area contributed by atoms with Crippen LogP contribution in [0, 0.1) is 0 Å². The third-order valence-corrected chi connectivity index (χ3v) is 2.39. The highest BCUT2D eigenvalue weighted by molar-refractivity contribution is 9.10. The quantitative estimate of drug-likeness (QED) is 0.872. The molecule has 0 bridgehead atoms. The molecule has 0 unspecified atom stereocenters. The van der Waals surface area contributed by atoms with E-state index in [-0.39, 0.29) is 12.5 Å². The van der Waals surface area contributed by atoms with Gasteiger partial charge in [0.15, 0.2) is 0 Å². The van der Waals surface area contributed by atoms with Gasteiger partial charge in [-0.05, 0) is 39.0 Å². The molecule has 0 radical (unpaired) electrons. The fraction of sp³-hybridized carbons (Fsp3) is 0.385. The molecule has 0 heterocycles. The van der Waals surface area contributed by atoms with E-state index in [2.05, 4.69) is 21.2 Å². The zero-order chi connectivity index (χ0) is 13.8. The van der Waals surface area contributed by atoms with Gasteiger partial charge in [-0.3, -0.25) is 9.59 Å². The number of ether oxygens (including phenoxy) is 1.